The first-order chi connectivity index (χ1) is 9.63. The summed E-state index contributed by atoms with van der Waals surface area (Å²) in [6.07, 6.45) is 4.62. The number of H-pyrrole nitrogens is 2. The molecule has 3 aromatic rings. The van der Waals surface area contributed by atoms with Crippen molar-refractivity contribution in [1.82, 2.24) is 15.0 Å². The minimum Gasteiger partial charge on any atom is -0.367 e. The topological polar surface area (TPSA) is 44.5 Å². The number of aryl methyl sites for hydroxylation is 1. The van der Waals surface area contributed by atoms with Crippen molar-refractivity contribution in [2.45, 2.75) is 13.3 Å². The van der Waals surface area contributed by atoms with E-state index in [9.17, 15) is 0 Å². The van der Waals surface area contributed by atoms with Crippen LogP contribution in [0.4, 0.5) is 0 Å². The van der Waals surface area contributed by atoms with Gasteiger partial charge in [-0.3, -0.25) is 0 Å². The molecular weight excluding hydrogens is 293 g/mol. The molecule has 3 nitrogen and oxygen atoms in total. The second-order valence-corrected chi connectivity index (χ2v) is 5.52. The van der Waals surface area contributed by atoms with Crippen molar-refractivity contribution in [3.8, 4) is 11.3 Å². The Morgan fingerprint density at radius 2 is 2.05 bits per heavy atom. The van der Waals surface area contributed by atoms with Crippen LogP contribution in [0.1, 0.15) is 17.1 Å². The highest BCUT2D eigenvalue weighted by molar-refractivity contribution is 6.35. The van der Waals surface area contributed by atoms with Gasteiger partial charge in [-0.1, -0.05) is 23.2 Å². The number of aromatic nitrogens is 3. The third kappa shape index (κ3) is 2.60. The molecule has 0 saturated carbocycles. The van der Waals surface area contributed by atoms with Crippen molar-refractivity contribution in [3.05, 3.63) is 63.8 Å². The monoisotopic (exact) mass is 305 g/mol. The van der Waals surface area contributed by atoms with Gasteiger partial charge >= 0.3 is 0 Å². The van der Waals surface area contributed by atoms with Crippen LogP contribution in [0.25, 0.3) is 11.3 Å². The van der Waals surface area contributed by atoms with Gasteiger partial charge in [0, 0.05) is 35.1 Å². The van der Waals surface area contributed by atoms with Crippen LogP contribution in [0.15, 0.2) is 36.7 Å². The molecule has 0 fully saturated rings. The number of imidazole rings is 1. The number of hydrogen-bond donors (Lipinski definition) is 2. The normalized spacial score (nSPS) is 10.9. The molecule has 0 spiro atoms. The van der Waals surface area contributed by atoms with Crippen LogP contribution in [0, 0.1) is 6.92 Å². The zero-order valence-electron chi connectivity index (χ0n) is 10.9. The first kappa shape index (κ1) is 13.3. The van der Waals surface area contributed by atoms with Crippen LogP contribution in [0.2, 0.25) is 10.0 Å². The molecular formula is C15H13Cl2N3. The lowest BCUT2D eigenvalue weighted by molar-refractivity contribution is 1.02. The third-order valence-corrected chi connectivity index (χ3v) is 3.72. The van der Waals surface area contributed by atoms with Crippen molar-refractivity contribution < 1.29 is 0 Å². The highest BCUT2D eigenvalue weighted by atomic mass is 35.5. The van der Waals surface area contributed by atoms with Crippen molar-refractivity contribution in [3.63, 3.8) is 0 Å². The molecule has 0 bridgehead atoms. The van der Waals surface area contributed by atoms with Gasteiger partial charge in [0.05, 0.1) is 10.7 Å². The average molecular weight is 306 g/mol. The smallest absolute Gasteiger partial charge is 0.111 e. The van der Waals surface area contributed by atoms with Crippen LogP contribution >= 0.6 is 23.2 Å². The summed E-state index contributed by atoms with van der Waals surface area (Å²) in [4.78, 5) is 11.0. The Balaban J connectivity index is 1.98. The number of nitrogens with zero attached hydrogens (tertiary/aromatic N) is 1. The van der Waals surface area contributed by atoms with E-state index in [4.69, 9.17) is 23.2 Å². The zero-order chi connectivity index (χ0) is 14.1. The van der Waals surface area contributed by atoms with E-state index in [1.54, 1.807) is 12.1 Å². The predicted molar refractivity (Wildman–Crippen MR) is 82.4 cm³/mol. The fourth-order valence-electron chi connectivity index (χ4n) is 2.21. The number of aromatic amines is 2. The standard InChI is InChI=1S/C15H13Cl2N3/c1-9-15(12-7-11(16)2-3-13(12)17)20-14(19-9)6-10-4-5-18-8-10/h2-5,7-8,18H,6H2,1H3,(H,19,20). The molecule has 0 saturated heterocycles. The Labute approximate surface area is 127 Å². The number of nitrogens with one attached hydrogen (secondary N) is 2. The quantitative estimate of drug-likeness (QED) is 0.729. The first-order valence-electron chi connectivity index (χ1n) is 6.26. The second kappa shape index (κ2) is 5.35. The van der Waals surface area contributed by atoms with Gasteiger partial charge in [-0.25, -0.2) is 4.98 Å². The predicted octanol–water partition coefficient (Wildman–Crippen LogP) is 4.61. The highest BCUT2D eigenvalue weighted by Crippen LogP contribution is 2.31. The molecule has 2 heterocycles. The van der Waals surface area contributed by atoms with E-state index < -0.39 is 0 Å². The Hall–Kier alpha value is -1.71. The third-order valence-electron chi connectivity index (χ3n) is 3.15. The van der Waals surface area contributed by atoms with E-state index in [2.05, 4.69) is 15.0 Å². The van der Waals surface area contributed by atoms with Gasteiger partial charge in [0.2, 0.25) is 0 Å². The molecule has 2 aromatic heterocycles. The van der Waals surface area contributed by atoms with Gasteiger partial charge in [0.1, 0.15) is 5.82 Å². The van der Waals surface area contributed by atoms with Gasteiger partial charge in [-0.05, 0) is 36.8 Å². The average Bonchev–Trinajstić information content (AvgIpc) is 3.03. The second-order valence-electron chi connectivity index (χ2n) is 4.68. The number of halogens is 2. The summed E-state index contributed by atoms with van der Waals surface area (Å²) in [7, 11) is 0. The van der Waals surface area contributed by atoms with Crippen molar-refractivity contribution >= 4 is 23.2 Å². The summed E-state index contributed by atoms with van der Waals surface area (Å²) in [6, 6.07) is 7.44. The maximum Gasteiger partial charge on any atom is 0.111 e. The fourth-order valence-corrected chi connectivity index (χ4v) is 2.59. The Morgan fingerprint density at radius 1 is 1.20 bits per heavy atom. The van der Waals surface area contributed by atoms with Crippen LogP contribution < -0.4 is 0 Å². The Kier molecular flexibility index (Phi) is 3.55. The molecule has 0 aliphatic heterocycles. The maximum absolute atomic E-state index is 6.24. The molecule has 5 heteroatoms. The lowest BCUT2D eigenvalue weighted by atomic mass is 10.1. The SMILES string of the molecule is Cc1[nH]c(Cc2cc[nH]c2)nc1-c1cc(Cl)ccc1Cl. The summed E-state index contributed by atoms with van der Waals surface area (Å²) < 4.78 is 0. The summed E-state index contributed by atoms with van der Waals surface area (Å²) in [5.74, 6) is 0.910. The summed E-state index contributed by atoms with van der Waals surface area (Å²) in [6.45, 7) is 1.99. The van der Waals surface area contributed by atoms with E-state index >= 15 is 0 Å². The van der Waals surface area contributed by atoms with Crippen molar-refractivity contribution in [2.24, 2.45) is 0 Å². The van der Waals surface area contributed by atoms with E-state index in [1.807, 2.05) is 31.5 Å². The molecule has 0 atom stereocenters. The van der Waals surface area contributed by atoms with Gasteiger partial charge in [0.15, 0.2) is 0 Å². The van der Waals surface area contributed by atoms with Crippen LogP contribution in [0.3, 0.4) is 0 Å². The molecule has 0 amide bonds. The molecule has 102 valence electrons. The highest BCUT2D eigenvalue weighted by Gasteiger charge is 2.13. The van der Waals surface area contributed by atoms with Crippen molar-refractivity contribution in [2.75, 3.05) is 0 Å². The molecule has 0 unspecified atom stereocenters. The number of rotatable bonds is 3. The van der Waals surface area contributed by atoms with E-state index in [0.717, 1.165) is 29.2 Å². The molecule has 2 N–H and O–H groups in total. The zero-order valence-corrected chi connectivity index (χ0v) is 12.4. The minimum atomic E-state index is 0.650. The summed E-state index contributed by atoms with van der Waals surface area (Å²) in [5, 5.41) is 1.30. The number of benzene rings is 1. The Morgan fingerprint density at radius 3 is 2.80 bits per heavy atom. The van der Waals surface area contributed by atoms with Crippen LogP contribution in [-0.4, -0.2) is 15.0 Å². The Bertz CT molecular complexity index is 730. The van der Waals surface area contributed by atoms with Gasteiger partial charge in [0.25, 0.3) is 0 Å². The summed E-state index contributed by atoms with van der Waals surface area (Å²) >= 11 is 12.3. The van der Waals surface area contributed by atoms with E-state index in [1.165, 1.54) is 5.56 Å². The molecule has 1 aromatic carbocycles. The minimum absolute atomic E-state index is 0.650. The van der Waals surface area contributed by atoms with Gasteiger partial charge < -0.3 is 9.97 Å². The molecule has 20 heavy (non-hydrogen) atoms. The van der Waals surface area contributed by atoms with E-state index in [-0.39, 0.29) is 0 Å². The molecule has 0 aliphatic carbocycles. The lowest BCUT2D eigenvalue weighted by Gasteiger charge is -2.02. The lowest BCUT2D eigenvalue weighted by Crippen LogP contribution is -1.88. The molecule has 0 aliphatic rings. The van der Waals surface area contributed by atoms with Crippen molar-refractivity contribution in [1.29, 1.82) is 0 Å². The number of hydrogen-bond acceptors (Lipinski definition) is 1. The fraction of sp³-hybridized carbons (Fsp3) is 0.133. The maximum atomic E-state index is 6.24. The molecule has 0 radical (unpaired) electrons. The van der Waals surface area contributed by atoms with Crippen LogP contribution in [-0.2, 0) is 6.42 Å². The van der Waals surface area contributed by atoms with E-state index in [0.29, 0.717) is 10.0 Å². The summed E-state index contributed by atoms with van der Waals surface area (Å²) in [5.41, 5.74) is 3.87. The van der Waals surface area contributed by atoms with Gasteiger partial charge in [-0.15, -0.1) is 0 Å². The molecule has 3 rings (SSSR count). The largest absolute Gasteiger partial charge is 0.367 e. The first-order valence-corrected chi connectivity index (χ1v) is 7.01. The van der Waals surface area contributed by atoms with Crippen LogP contribution in [0.5, 0.6) is 0 Å². The van der Waals surface area contributed by atoms with Gasteiger partial charge in [-0.2, -0.15) is 0 Å².